The maximum Gasteiger partial charge on any atom is 0.383 e. The van der Waals surface area contributed by atoms with Crippen LogP contribution in [-0.4, -0.2) is 19.2 Å². The highest BCUT2D eigenvalue weighted by molar-refractivity contribution is 5.95. The summed E-state index contributed by atoms with van der Waals surface area (Å²) < 4.78 is 23.3. The molecule has 0 aliphatic carbocycles. The Morgan fingerprint density at radius 1 is 0.643 bits per heavy atom. The molecule has 0 aliphatic rings. The Hall–Kier alpha value is -3.28. The second-order valence-corrected chi connectivity index (χ2v) is 11.1. The Kier molecular flexibility index (Phi) is 15.6. The molecule has 0 spiro atoms. The molecule has 0 radical (unpaired) electrons. The van der Waals surface area contributed by atoms with E-state index in [-0.39, 0.29) is 11.5 Å². The van der Waals surface area contributed by atoms with E-state index in [0.717, 1.165) is 32.1 Å². The van der Waals surface area contributed by atoms with E-state index in [2.05, 4.69) is 13.8 Å². The highest BCUT2D eigenvalue weighted by atomic mass is 16.6. The molecule has 3 aromatic rings. The molecular formula is C36H50O6. The lowest BCUT2D eigenvalue weighted by atomic mass is 10.1. The zero-order valence-electron chi connectivity index (χ0n) is 25.8. The van der Waals surface area contributed by atoms with Crippen LogP contribution in [0.25, 0.3) is 11.0 Å². The lowest BCUT2D eigenvalue weighted by Crippen LogP contribution is -2.15. The summed E-state index contributed by atoms with van der Waals surface area (Å²) in [5, 5.41) is 0.490. The number of benzene rings is 2. The van der Waals surface area contributed by atoms with Gasteiger partial charge in [-0.05, 0) is 37.1 Å². The van der Waals surface area contributed by atoms with E-state index in [9.17, 15) is 9.59 Å². The van der Waals surface area contributed by atoms with Crippen LogP contribution in [0.4, 0.5) is 0 Å². The standard InChI is InChI=1S/C36H50O6/c1-3-5-7-9-11-13-15-20-26-39-30-24-25-31-32(28-30)41-36(38)34(40-27-21-16-14-12-10-8-6-4-2)33(31)42-35(37)29-22-18-17-19-23-29/h17-19,22-25,28H,3-16,20-21,26-27H2,1-2H3. The van der Waals surface area contributed by atoms with Crippen LogP contribution in [0.5, 0.6) is 17.2 Å². The van der Waals surface area contributed by atoms with Gasteiger partial charge in [0, 0.05) is 6.07 Å². The fourth-order valence-corrected chi connectivity index (χ4v) is 5.01. The monoisotopic (exact) mass is 578 g/mol. The van der Waals surface area contributed by atoms with E-state index in [4.69, 9.17) is 18.6 Å². The third-order valence-corrected chi connectivity index (χ3v) is 7.51. The van der Waals surface area contributed by atoms with Gasteiger partial charge in [-0.1, -0.05) is 122 Å². The van der Waals surface area contributed by atoms with Gasteiger partial charge in [-0.2, -0.15) is 0 Å². The average Bonchev–Trinajstić information content (AvgIpc) is 3.00. The fourth-order valence-electron chi connectivity index (χ4n) is 5.01. The van der Waals surface area contributed by atoms with Crippen molar-refractivity contribution >= 4 is 16.9 Å². The number of hydrogen-bond acceptors (Lipinski definition) is 6. The van der Waals surface area contributed by atoms with Crippen LogP contribution in [0.1, 0.15) is 127 Å². The van der Waals surface area contributed by atoms with Crippen molar-refractivity contribution in [1.29, 1.82) is 0 Å². The summed E-state index contributed by atoms with van der Waals surface area (Å²) in [5.41, 5.74) is 0.0140. The molecule has 2 aromatic carbocycles. The van der Waals surface area contributed by atoms with E-state index in [1.807, 2.05) is 12.1 Å². The van der Waals surface area contributed by atoms with Crippen molar-refractivity contribution in [1.82, 2.24) is 0 Å². The van der Waals surface area contributed by atoms with Crippen LogP contribution in [0.2, 0.25) is 0 Å². The number of esters is 1. The summed E-state index contributed by atoms with van der Waals surface area (Å²) in [5.74, 6) is 0.0719. The number of carbonyl (C=O) groups is 1. The van der Waals surface area contributed by atoms with Crippen LogP contribution in [0.15, 0.2) is 57.7 Å². The predicted molar refractivity (Wildman–Crippen MR) is 170 cm³/mol. The summed E-state index contributed by atoms with van der Waals surface area (Å²) in [7, 11) is 0. The van der Waals surface area contributed by atoms with Crippen molar-refractivity contribution in [3.05, 3.63) is 64.5 Å². The van der Waals surface area contributed by atoms with Gasteiger partial charge in [-0.3, -0.25) is 0 Å². The smallest absolute Gasteiger partial charge is 0.383 e. The highest BCUT2D eigenvalue weighted by Crippen LogP contribution is 2.35. The molecule has 3 rings (SSSR count). The average molecular weight is 579 g/mol. The first-order chi connectivity index (χ1) is 20.6. The van der Waals surface area contributed by atoms with Gasteiger partial charge >= 0.3 is 11.6 Å². The van der Waals surface area contributed by atoms with Crippen molar-refractivity contribution in [2.45, 2.75) is 117 Å². The van der Waals surface area contributed by atoms with Gasteiger partial charge < -0.3 is 18.6 Å². The lowest BCUT2D eigenvalue weighted by molar-refractivity contribution is 0.0729. The minimum absolute atomic E-state index is 0.0673. The van der Waals surface area contributed by atoms with Gasteiger partial charge in [0.1, 0.15) is 11.3 Å². The quantitative estimate of drug-likeness (QED) is 0.0671. The van der Waals surface area contributed by atoms with E-state index in [0.29, 0.717) is 35.5 Å². The van der Waals surface area contributed by atoms with E-state index in [1.54, 1.807) is 36.4 Å². The van der Waals surface area contributed by atoms with Crippen LogP contribution < -0.4 is 19.8 Å². The number of carbonyl (C=O) groups excluding carboxylic acids is 1. The summed E-state index contributed by atoms with van der Waals surface area (Å²) >= 11 is 0. The topological polar surface area (TPSA) is 75.0 Å². The molecule has 0 fully saturated rings. The molecule has 6 heteroatoms. The maximum atomic E-state index is 13.1. The highest BCUT2D eigenvalue weighted by Gasteiger charge is 2.22. The fraction of sp³-hybridized carbons (Fsp3) is 0.556. The third-order valence-electron chi connectivity index (χ3n) is 7.51. The van der Waals surface area contributed by atoms with E-state index < -0.39 is 11.6 Å². The van der Waals surface area contributed by atoms with E-state index >= 15 is 0 Å². The zero-order chi connectivity index (χ0) is 29.8. The maximum absolute atomic E-state index is 13.1. The van der Waals surface area contributed by atoms with Crippen LogP contribution in [0, 0.1) is 0 Å². The van der Waals surface area contributed by atoms with Crippen LogP contribution >= 0.6 is 0 Å². The molecule has 42 heavy (non-hydrogen) atoms. The minimum atomic E-state index is -0.668. The molecule has 0 atom stereocenters. The van der Waals surface area contributed by atoms with Gasteiger partial charge in [0.15, 0.2) is 5.75 Å². The molecule has 0 unspecified atom stereocenters. The first-order valence-electron chi connectivity index (χ1n) is 16.3. The molecule has 0 aliphatic heterocycles. The van der Waals surface area contributed by atoms with Crippen molar-refractivity contribution in [3.63, 3.8) is 0 Å². The summed E-state index contributed by atoms with van der Waals surface area (Å²) in [6, 6.07) is 14.0. The Bertz CT molecular complexity index is 1230. The summed E-state index contributed by atoms with van der Waals surface area (Å²) in [6.07, 6.45) is 19.1. The molecular weight excluding hydrogens is 528 g/mol. The summed E-state index contributed by atoms with van der Waals surface area (Å²) in [6.45, 7) is 5.40. The largest absolute Gasteiger partial charge is 0.493 e. The molecule has 6 nitrogen and oxygen atoms in total. The van der Waals surface area contributed by atoms with Gasteiger partial charge in [0.25, 0.3) is 0 Å². The Balaban J connectivity index is 1.64. The second-order valence-electron chi connectivity index (χ2n) is 11.1. The summed E-state index contributed by atoms with van der Waals surface area (Å²) in [4.78, 5) is 26.0. The number of hydrogen-bond donors (Lipinski definition) is 0. The van der Waals surface area contributed by atoms with Crippen molar-refractivity contribution in [2.24, 2.45) is 0 Å². The van der Waals surface area contributed by atoms with Crippen LogP contribution in [-0.2, 0) is 0 Å². The molecule has 230 valence electrons. The van der Waals surface area contributed by atoms with Crippen LogP contribution in [0.3, 0.4) is 0 Å². The van der Waals surface area contributed by atoms with Crippen molar-refractivity contribution in [3.8, 4) is 17.2 Å². The molecule has 0 bridgehead atoms. The Labute approximate surface area is 251 Å². The van der Waals surface area contributed by atoms with Gasteiger partial charge in [-0.25, -0.2) is 9.59 Å². The number of rotatable bonds is 22. The zero-order valence-corrected chi connectivity index (χ0v) is 25.8. The van der Waals surface area contributed by atoms with Gasteiger partial charge in [-0.15, -0.1) is 0 Å². The van der Waals surface area contributed by atoms with Crippen molar-refractivity contribution in [2.75, 3.05) is 13.2 Å². The number of ether oxygens (including phenoxy) is 3. The first kappa shape index (κ1) is 33.2. The normalized spacial score (nSPS) is 11.1. The van der Waals surface area contributed by atoms with Gasteiger partial charge in [0.2, 0.25) is 5.75 Å². The molecule has 0 amide bonds. The van der Waals surface area contributed by atoms with E-state index in [1.165, 1.54) is 70.6 Å². The van der Waals surface area contributed by atoms with Gasteiger partial charge in [0.05, 0.1) is 24.2 Å². The number of fused-ring (bicyclic) bond motifs is 1. The molecule has 1 aromatic heterocycles. The second kappa shape index (κ2) is 19.8. The van der Waals surface area contributed by atoms with Crippen molar-refractivity contribution < 1.29 is 23.4 Å². The first-order valence-corrected chi connectivity index (χ1v) is 16.3. The molecule has 0 saturated carbocycles. The molecule has 0 saturated heterocycles. The number of unbranched alkanes of at least 4 members (excludes halogenated alkanes) is 14. The Morgan fingerprint density at radius 2 is 1.19 bits per heavy atom. The lowest BCUT2D eigenvalue weighted by Gasteiger charge is -2.14. The Morgan fingerprint density at radius 3 is 1.79 bits per heavy atom. The molecule has 0 N–H and O–H groups in total. The predicted octanol–water partition coefficient (Wildman–Crippen LogP) is 10.1. The molecule has 1 heterocycles. The SMILES string of the molecule is CCCCCCCCCCOc1ccc2c(OC(=O)c3ccccc3)c(OCCCCCCCCCC)c(=O)oc2c1. The minimum Gasteiger partial charge on any atom is -0.493 e. The third kappa shape index (κ3) is 11.5.